The number of aromatic nitrogens is 2. The van der Waals surface area contributed by atoms with Crippen LogP contribution in [0.15, 0.2) is 6.33 Å². The number of rotatable bonds is 3. The molecule has 1 fully saturated rings. The predicted molar refractivity (Wildman–Crippen MR) is 72.7 cm³/mol. The SMILES string of the molecule is CCc1c(N)ncnc1N1CCCC(C)(OC)C1. The quantitative estimate of drug-likeness (QED) is 0.883. The van der Waals surface area contributed by atoms with Crippen molar-refractivity contribution in [3.63, 3.8) is 0 Å². The highest BCUT2D eigenvalue weighted by Gasteiger charge is 2.32. The normalized spacial score (nSPS) is 24.3. The number of nitrogen functional groups attached to an aromatic ring is 1. The van der Waals surface area contributed by atoms with Crippen LogP contribution in [0.3, 0.4) is 0 Å². The van der Waals surface area contributed by atoms with Gasteiger partial charge in [-0.05, 0) is 26.2 Å². The Hall–Kier alpha value is -1.36. The largest absolute Gasteiger partial charge is 0.383 e. The number of methoxy groups -OCH3 is 1. The van der Waals surface area contributed by atoms with Gasteiger partial charge in [-0.3, -0.25) is 0 Å². The standard InChI is InChI=1S/C13H22N4O/c1-4-10-11(14)15-9-16-12(10)17-7-5-6-13(2,8-17)18-3/h9H,4-8H2,1-3H3,(H2,14,15,16). The van der Waals surface area contributed by atoms with E-state index in [1.54, 1.807) is 13.4 Å². The summed E-state index contributed by atoms with van der Waals surface area (Å²) in [5.74, 6) is 1.56. The molecule has 1 atom stereocenters. The van der Waals surface area contributed by atoms with Gasteiger partial charge in [-0.25, -0.2) is 9.97 Å². The van der Waals surface area contributed by atoms with Crippen LogP contribution < -0.4 is 10.6 Å². The monoisotopic (exact) mass is 250 g/mol. The summed E-state index contributed by atoms with van der Waals surface area (Å²) in [6.07, 6.45) is 4.59. The second-order valence-electron chi connectivity index (χ2n) is 5.09. The molecule has 1 aromatic rings. The van der Waals surface area contributed by atoms with Gasteiger partial charge in [0, 0.05) is 25.8 Å². The van der Waals surface area contributed by atoms with Crippen molar-refractivity contribution in [2.75, 3.05) is 30.8 Å². The zero-order chi connectivity index (χ0) is 13.2. The Balaban J connectivity index is 2.29. The van der Waals surface area contributed by atoms with Crippen LogP contribution in [-0.2, 0) is 11.2 Å². The summed E-state index contributed by atoms with van der Waals surface area (Å²) < 4.78 is 5.62. The van der Waals surface area contributed by atoms with E-state index in [4.69, 9.17) is 10.5 Å². The van der Waals surface area contributed by atoms with Gasteiger partial charge in [0.1, 0.15) is 18.0 Å². The summed E-state index contributed by atoms with van der Waals surface area (Å²) in [5, 5.41) is 0. The fraction of sp³-hybridized carbons (Fsp3) is 0.692. The van der Waals surface area contributed by atoms with E-state index in [2.05, 4.69) is 28.7 Å². The Morgan fingerprint density at radius 3 is 2.94 bits per heavy atom. The summed E-state index contributed by atoms with van der Waals surface area (Å²) >= 11 is 0. The average molecular weight is 250 g/mol. The van der Waals surface area contributed by atoms with Crippen molar-refractivity contribution in [2.24, 2.45) is 0 Å². The van der Waals surface area contributed by atoms with E-state index in [0.717, 1.165) is 43.7 Å². The van der Waals surface area contributed by atoms with Gasteiger partial charge in [-0.15, -0.1) is 0 Å². The molecule has 100 valence electrons. The Morgan fingerprint density at radius 1 is 1.50 bits per heavy atom. The lowest BCUT2D eigenvalue weighted by molar-refractivity contribution is -0.00484. The molecule has 0 amide bonds. The highest BCUT2D eigenvalue weighted by Crippen LogP contribution is 2.30. The number of piperidine rings is 1. The molecule has 0 aliphatic carbocycles. The Morgan fingerprint density at radius 2 is 2.28 bits per heavy atom. The van der Waals surface area contributed by atoms with Crippen LogP contribution in [0.2, 0.25) is 0 Å². The smallest absolute Gasteiger partial charge is 0.137 e. The zero-order valence-electron chi connectivity index (χ0n) is 11.4. The second kappa shape index (κ2) is 5.10. The van der Waals surface area contributed by atoms with E-state index in [1.165, 1.54) is 0 Å². The van der Waals surface area contributed by atoms with E-state index in [9.17, 15) is 0 Å². The number of anilines is 2. The van der Waals surface area contributed by atoms with Crippen molar-refractivity contribution in [1.82, 2.24) is 9.97 Å². The molecule has 2 rings (SSSR count). The first kappa shape index (κ1) is 13.1. The van der Waals surface area contributed by atoms with Gasteiger partial charge in [-0.1, -0.05) is 6.92 Å². The number of nitrogens with two attached hydrogens (primary N) is 1. The number of hydrogen-bond donors (Lipinski definition) is 1. The van der Waals surface area contributed by atoms with Crippen molar-refractivity contribution in [3.8, 4) is 0 Å². The van der Waals surface area contributed by atoms with Crippen molar-refractivity contribution < 1.29 is 4.74 Å². The van der Waals surface area contributed by atoms with Gasteiger partial charge in [0.05, 0.1) is 5.60 Å². The second-order valence-corrected chi connectivity index (χ2v) is 5.09. The zero-order valence-corrected chi connectivity index (χ0v) is 11.4. The third kappa shape index (κ3) is 2.41. The molecule has 0 spiro atoms. The van der Waals surface area contributed by atoms with Crippen LogP contribution in [0, 0.1) is 0 Å². The third-order valence-corrected chi connectivity index (χ3v) is 3.76. The number of hydrogen-bond acceptors (Lipinski definition) is 5. The van der Waals surface area contributed by atoms with Crippen LogP contribution in [-0.4, -0.2) is 35.8 Å². The molecule has 5 heteroatoms. The molecule has 2 N–H and O–H groups in total. The summed E-state index contributed by atoms with van der Waals surface area (Å²) in [6, 6.07) is 0. The van der Waals surface area contributed by atoms with Gasteiger partial charge >= 0.3 is 0 Å². The molecular formula is C13H22N4O. The van der Waals surface area contributed by atoms with Crippen LogP contribution in [0.5, 0.6) is 0 Å². The van der Waals surface area contributed by atoms with E-state index in [1.807, 2.05) is 0 Å². The highest BCUT2D eigenvalue weighted by atomic mass is 16.5. The lowest BCUT2D eigenvalue weighted by atomic mass is 9.94. The van der Waals surface area contributed by atoms with Gasteiger partial charge in [0.15, 0.2) is 0 Å². The lowest BCUT2D eigenvalue weighted by Crippen LogP contribution is -2.48. The first-order chi connectivity index (χ1) is 8.59. The number of ether oxygens (including phenoxy) is 1. The van der Waals surface area contributed by atoms with E-state index in [-0.39, 0.29) is 5.60 Å². The minimum atomic E-state index is -0.0943. The van der Waals surface area contributed by atoms with Gasteiger partial charge in [0.2, 0.25) is 0 Å². The van der Waals surface area contributed by atoms with Crippen molar-refractivity contribution >= 4 is 11.6 Å². The molecule has 1 aliphatic heterocycles. The first-order valence-corrected chi connectivity index (χ1v) is 6.49. The Bertz CT molecular complexity index is 423. The van der Waals surface area contributed by atoms with Crippen LogP contribution in [0.25, 0.3) is 0 Å². The van der Waals surface area contributed by atoms with Crippen molar-refractivity contribution in [3.05, 3.63) is 11.9 Å². The van der Waals surface area contributed by atoms with Crippen LogP contribution in [0.1, 0.15) is 32.3 Å². The maximum absolute atomic E-state index is 5.93. The van der Waals surface area contributed by atoms with E-state index in [0.29, 0.717) is 5.82 Å². The van der Waals surface area contributed by atoms with Gasteiger partial charge < -0.3 is 15.4 Å². The number of nitrogens with zero attached hydrogens (tertiary/aromatic N) is 3. The fourth-order valence-electron chi connectivity index (χ4n) is 2.58. The molecule has 0 radical (unpaired) electrons. The maximum atomic E-state index is 5.93. The molecule has 1 aliphatic rings. The summed E-state index contributed by atoms with van der Waals surface area (Å²) in [5.41, 5.74) is 6.88. The molecular weight excluding hydrogens is 228 g/mol. The minimum Gasteiger partial charge on any atom is -0.383 e. The third-order valence-electron chi connectivity index (χ3n) is 3.76. The Labute approximate surface area is 108 Å². The summed E-state index contributed by atoms with van der Waals surface area (Å²) in [7, 11) is 1.78. The molecule has 1 unspecified atom stereocenters. The van der Waals surface area contributed by atoms with Crippen LogP contribution >= 0.6 is 0 Å². The molecule has 0 aromatic carbocycles. The molecule has 5 nitrogen and oxygen atoms in total. The fourth-order valence-corrected chi connectivity index (χ4v) is 2.58. The summed E-state index contributed by atoms with van der Waals surface area (Å²) in [4.78, 5) is 10.8. The highest BCUT2D eigenvalue weighted by molar-refractivity contribution is 5.57. The van der Waals surface area contributed by atoms with Crippen molar-refractivity contribution in [1.29, 1.82) is 0 Å². The topological polar surface area (TPSA) is 64.3 Å². The first-order valence-electron chi connectivity index (χ1n) is 6.49. The molecule has 18 heavy (non-hydrogen) atoms. The summed E-state index contributed by atoms with van der Waals surface area (Å²) in [6.45, 7) is 6.09. The minimum absolute atomic E-state index is 0.0943. The van der Waals surface area contributed by atoms with Gasteiger partial charge in [-0.2, -0.15) is 0 Å². The Kier molecular flexibility index (Phi) is 3.71. The average Bonchev–Trinajstić information content (AvgIpc) is 2.38. The lowest BCUT2D eigenvalue weighted by Gasteiger charge is -2.40. The van der Waals surface area contributed by atoms with Gasteiger partial charge in [0.25, 0.3) is 0 Å². The maximum Gasteiger partial charge on any atom is 0.137 e. The molecule has 2 heterocycles. The predicted octanol–water partition coefficient (Wildman–Crippen LogP) is 1.63. The van der Waals surface area contributed by atoms with Crippen LogP contribution in [0.4, 0.5) is 11.6 Å². The van der Waals surface area contributed by atoms with Crippen molar-refractivity contribution in [2.45, 2.75) is 38.7 Å². The van der Waals surface area contributed by atoms with E-state index < -0.39 is 0 Å². The molecule has 1 saturated heterocycles. The molecule has 0 bridgehead atoms. The molecule has 1 aromatic heterocycles. The molecule has 0 saturated carbocycles. The van der Waals surface area contributed by atoms with E-state index >= 15 is 0 Å².